The molecule has 3 heteroatoms. The van der Waals surface area contributed by atoms with Crippen molar-refractivity contribution in [3.8, 4) is 0 Å². The van der Waals surface area contributed by atoms with Crippen LogP contribution in [-0.2, 0) is 22.4 Å². The normalized spacial score (nSPS) is 9.33. The smallest absolute Gasteiger partial charge is 0.336 e. The van der Waals surface area contributed by atoms with Crippen molar-refractivity contribution >= 4 is 11.0 Å². The molecule has 1 aromatic carbocycles. The number of benzene rings is 1. The molecule has 2 aromatic rings. The van der Waals surface area contributed by atoms with E-state index in [4.69, 9.17) is 4.42 Å². The van der Waals surface area contributed by atoms with Crippen molar-refractivity contribution in [1.29, 1.82) is 0 Å². The third kappa shape index (κ3) is 1.67. The Morgan fingerprint density at radius 3 is 2.58 bits per heavy atom. The van der Waals surface area contributed by atoms with Gasteiger partial charge in [0, 0.05) is 33.8 Å². The van der Waals surface area contributed by atoms with Gasteiger partial charge in [-0.25, -0.2) is 4.79 Å². The summed E-state index contributed by atoms with van der Waals surface area (Å²) in [4.78, 5) is 10.7. The first-order chi connectivity index (χ1) is 5.36. The molecule has 0 saturated heterocycles. The number of fused-ring (bicyclic) bond motifs is 1. The van der Waals surface area contributed by atoms with E-state index in [1.165, 1.54) is 6.07 Å². The van der Waals surface area contributed by atoms with E-state index in [0.717, 1.165) is 5.39 Å². The summed E-state index contributed by atoms with van der Waals surface area (Å²) in [6.45, 7) is 0. The molecule has 0 N–H and O–H groups in total. The first kappa shape index (κ1) is 9.26. The molecule has 0 bridgehead atoms. The summed E-state index contributed by atoms with van der Waals surface area (Å²) in [5.74, 6) is 0. The summed E-state index contributed by atoms with van der Waals surface area (Å²) in [6.07, 6.45) is 0. The predicted molar refractivity (Wildman–Crippen MR) is 42.5 cm³/mol. The maximum Gasteiger partial charge on any atom is 0.336 e. The minimum Gasteiger partial charge on any atom is -0.423 e. The first-order valence-electron chi connectivity index (χ1n) is 3.35. The fourth-order valence-electron chi connectivity index (χ4n) is 1.01. The van der Waals surface area contributed by atoms with Gasteiger partial charge in [0.1, 0.15) is 5.58 Å². The molecular weight excluding hydrogens is 248 g/mol. The van der Waals surface area contributed by atoms with Gasteiger partial charge in [-0.2, -0.15) is 0 Å². The number of hydrogen-bond acceptors (Lipinski definition) is 2. The molecule has 0 saturated carbocycles. The second kappa shape index (κ2) is 3.72. The van der Waals surface area contributed by atoms with E-state index in [1.807, 2.05) is 18.2 Å². The van der Waals surface area contributed by atoms with E-state index < -0.39 is 0 Å². The van der Waals surface area contributed by atoms with Crippen LogP contribution in [0.15, 0.2) is 45.6 Å². The zero-order valence-corrected chi connectivity index (χ0v) is 7.56. The molecule has 0 aliphatic carbocycles. The molecule has 2 nitrogen and oxygen atoms in total. The van der Waals surface area contributed by atoms with Crippen LogP contribution in [0.1, 0.15) is 0 Å². The Bertz CT molecular complexity index is 433. The fraction of sp³-hybridized carbons (Fsp3) is 0. The topological polar surface area (TPSA) is 30.2 Å². The van der Waals surface area contributed by atoms with Crippen molar-refractivity contribution in [3.63, 3.8) is 0 Å². The van der Waals surface area contributed by atoms with Gasteiger partial charge in [-0.05, 0) is 12.1 Å². The maximum absolute atomic E-state index is 10.7. The molecule has 0 fully saturated rings. The molecule has 1 heterocycles. The van der Waals surface area contributed by atoms with Gasteiger partial charge in [-0.1, -0.05) is 18.2 Å². The molecule has 1 aromatic heterocycles. The van der Waals surface area contributed by atoms with Crippen molar-refractivity contribution < 1.29 is 26.8 Å². The van der Waals surface area contributed by atoms with Crippen LogP contribution in [0.5, 0.6) is 0 Å². The molecule has 0 aliphatic rings. The third-order valence-electron chi connectivity index (χ3n) is 1.53. The van der Waals surface area contributed by atoms with Gasteiger partial charge in [0.25, 0.3) is 0 Å². The van der Waals surface area contributed by atoms with E-state index in [2.05, 4.69) is 0 Å². The van der Waals surface area contributed by atoms with Crippen LogP contribution < -0.4 is 5.63 Å². The zero-order valence-electron chi connectivity index (χ0n) is 6.08. The third-order valence-corrected chi connectivity index (χ3v) is 1.53. The summed E-state index contributed by atoms with van der Waals surface area (Å²) in [5, 5.41) is 0.951. The van der Waals surface area contributed by atoms with Crippen molar-refractivity contribution in [2.24, 2.45) is 0 Å². The van der Waals surface area contributed by atoms with Gasteiger partial charge >= 0.3 is 5.63 Å². The minimum atomic E-state index is -0.302. The van der Waals surface area contributed by atoms with Crippen LogP contribution in [0.3, 0.4) is 0 Å². The standard InChI is InChI=1S/C9H6O2.Ag/c10-9-6-5-7-3-1-2-4-8(7)11-9;/h1-6H;. The van der Waals surface area contributed by atoms with E-state index >= 15 is 0 Å². The Kier molecular flexibility index (Phi) is 2.87. The SMILES string of the molecule is O=c1ccc2ccccc2o1.[Ag]. The Morgan fingerprint density at radius 1 is 1.00 bits per heavy atom. The van der Waals surface area contributed by atoms with Crippen molar-refractivity contribution in [1.82, 2.24) is 0 Å². The second-order valence-electron chi connectivity index (χ2n) is 2.29. The van der Waals surface area contributed by atoms with Gasteiger partial charge in [-0.15, -0.1) is 0 Å². The van der Waals surface area contributed by atoms with Crippen molar-refractivity contribution in [2.45, 2.75) is 0 Å². The molecular formula is C9H6AgO2. The molecule has 0 spiro atoms. The summed E-state index contributed by atoms with van der Waals surface area (Å²) in [5.41, 5.74) is 0.337. The average Bonchev–Trinajstić information content (AvgIpc) is 2.04. The summed E-state index contributed by atoms with van der Waals surface area (Å²) < 4.78 is 4.91. The van der Waals surface area contributed by atoms with Gasteiger partial charge in [-0.3, -0.25) is 0 Å². The van der Waals surface area contributed by atoms with Gasteiger partial charge < -0.3 is 4.42 Å². The van der Waals surface area contributed by atoms with Gasteiger partial charge in [0.05, 0.1) is 0 Å². The molecule has 0 unspecified atom stereocenters. The van der Waals surface area contributed by atoms with Crippen LogP contribution >= 0.6 is 0 Å². The van der Waals surface area contributed by atoms with Crippen LogP contribution in [0.25, 0.3) is 11.0 Å². The van der Waals surface area contributed by atoms with Gasteiger partial charge in [0.2, 0.25) is 0 Å². The average molecular weight is 254 g/mol. The molecule has 0 aliphatic heterocycles. The zero-order chi connectivity index (χ0) is 7.68. The molecule has 2 rings (SSSR count). The van der Waals surface area contributed by atoms with E-state index in [-0.39, 0.29) is 28.0 Å². The molecule has 0 amide bonds. The molecule has 1 radical (unpaired) electrons. The quantitative estimate of drug-likeness (QED) is 0.530. The van der Waals surface area contributed by atoms with Gasteiger partial charge in [0.15, 0.2) is 0 Å². The Balaban J connectivity index is 0.000000720. The largest absolute Gasteiger partial charge is 0.423 e. The Labute approximate surface area is 84.7 Å². The number of rotatable bonds is 0. The number of para-hydroxylation sites is 1. The summed E-state index contributed by atoms with van der Waals surface area (Å²) in [7, 11) is 0. The Hall–Kier alpha value is -0.830. The molecule has 12 heavy (non-hydrogen) atoms. The monoisotopic (exact) mass is 253 g/mol. The maximum atomic E-state index is 10.7. The van der Waals surface area contributed by atoms with E-state index in [1.54, 1.807) is 12.1 Å². The van der Waals surface area contributed by atoms with Crippen LogP contribution in [0, 0.1) is 0 Å². The summed E-state index contributed by atoms with van der Waals surface area (Å²) >= 11 is 0. The second-order valence-corrected chi connectivity index (χ2v) is 2.29. The van der Waals surface area contributed by atoms with Crippen LogP contribution in [0.2, 0.25) is 0 Å². The minimum absolute atomic E-state index is 0. The Morgan fingerprint density at radius 2 is 1.75 bits per heavy atom. The fourth-order valence-corrected chi connectivity index (χ4v) is 1.01. The molecule has 65 valence electrons. The van der Waals surface area contributed by atoms with E-state index in [0.29, 0.717) is 5.58 Å². The number of hydrogen-bond donors (Lipinski definition) is 0. The van der Waals surface area contributed by atoms with Crippen molar-refractivity contribution in [3.05, 3.63) is 46.8 Å². The van der Waals surface area contributed by atoms with Crippen LogP contribution in [-0.4, -0.2) is 0 Å². The van der Waals surface area contributed by atoms with E-state index in [9.17, 15) is 4.79 Å². The predicted octanol–water partition coefficient (Wildman–Crippen LogP) is 1.79. The first-order valence-corrected chi connectivity index (χ1v) is 3.35. The molecule has 0 atom stereocenters. The van der Waals surface area contributed by atoms with Crippen molar-refractivity contribution in [2.75, 3.05) is 0 Å². The van der Waals surface area contributed by atoms with Crippen LogP contribution in [0.4, 0.5) is 0 Å². The summed E-state index contributed by atoms with van der Waals surface area (Å²) in [6, 6.07) is 10.6.